The van der Waals surface area contributed by atoms with Crippen LogP contribution in [-0.2, 0) is 33.1 Å². The number of rotatable bonds is 22. The molecule has 4 aromatic rings. The summed E-state index contributed by atoms with van der Waals surface area (Å²) in [6.45, 7) is 4.41. The largest absolute Gasteiger partial charge is 2.00 e. The van der Waals surface area contributed by atoms with Gasteiger partial charge in [0.1, 0.15) is 27.4 Å². The summed E-state index contributed by atoms with van der Waals surface area (Å²) in [6, 6.07) is 20.9. The molecule has 0 atom stereocenters. The van der Waals surface area contributed by atoms with E-state index in [0.717, 1.165) is 49.7 Å². The molecule has 0 aromatic heterocycles. The summed E-state index contributed by atoms with van der Waals surface area (Å²) in [5.41, 5.74) is 1.76. The Morgan fingerprint density at radius 2 is 0.945 bits per heavy atom. The van der Waals surface area contributed by atoms with Crippen molar-refractivity contribution < 1.29 is 45.6 Å². The van der Waals surface area contributed by atoms with Crippen molar-refractivity contribution in [1.29, 1.82) is 0 Å². The summed E-state index contributed by atoms with van der Waals surface area (Å²) < 4.78 is 75.8. The predicted molar refractivity (Wildman–Crippen MR) is 214 cm³/mol. The Morgan fingerprint density at radius 1 is 0.545 bits per heavy atom. The first-order chi connectivity index (χ1) is 25.8. The number of phenolic OH excluding ortho intramolecular Hbond substituents is 1. The molecule has 0 bridgehead atoms. The normalized spacial score (nSPS) is 11.3. The molecule has 10 nitrogen and oxygen atoms in total. The number of hydrogen-bond donors (Lipinski definition) is 2. The molecular formula is C42H54CaO10S2. The summed E-state index contributed by atoms with van der Waals surface area (Å²) in [7, 11) is -8.74. The minimum absolute atomic E-state index is 0. The van der Waals surface area contributed by atoms with Gasteiger partial charge in [0.05, 0.1) is 9.79 Å². The van der Waals surface area contributed by atoms with Crippen molar-refractivity contribution in [2.24, 2.45) is 0 Å². The molecule has 4 rings (SSSR count). The maximum absolute atomic E-state index is 12.2. The van der Waals surface area contributed by atoms with Gasteiger partial charge in [0.15, 0.2) is 11.5 Å². The van der Waals surface area contributed by atoms with Crippen LogP contribution >= 0.6 is 0 Å². The Kier molecular flexibility index (Phi) is 22.3. The van der Waals surface area contributed by atoms with Gasteiger partial charge in [-0.1, -0.05) is 127 Å². The van der Waals surface area contributed by atoms with Crippen LogP contribution in [0.5, 0.6) is 34.5 Å². The fraction of sp³-hybridized carbons (Fsp3) is 0.429. The van der Waals surface area contributed by atoms with E-state index in [1.807, 2.05) is 12.1 Å². The van der Waals surface area contributed by atoms with Gasteiger partial charge in [-0.2, -0.15) is 8.42 Å². The Hall–Kier alpha value is -2.84. The zero-order valence-electron chi connectivity index (χ0n) is 32.1. The molecule has 0 saturated heterocycles. The third-order valence-corrected chi connectivity index (χ3v) is 10.6. The summed E-state index contributed by atoms with van der Waals surface area (Å²) in [6.07, 6.45) is 18.4. The fourth-order valence-corrected chi connectivity index (χ4v) is 6.84. The van der Waals surface area contributed by atoms with Gasteiger partial charge in [0, 0.05) is 0 Å². The number of para-hydroxylation sites is 2. The molecule has 296 valence electrons. The van der Waals surface area contributed by atoms with E-state index in [-0.39, 0.29) is 64.8 Å². The van der Waals surface area contributed by atoms with Crippen LogP contribution in [0.3, 0.4) is 0 Å². The number of aromatic hydroxyl groups is 1. The zero-order valence-corrected chi connectivity index (χ0v) is 35.9. The van der Waals surface area contributed by atoms with Crippen molar-refractivity contribution in [3.05, 3.63) is 96.1 Å². The molecule has 0 aliphatic rings. The summed E-state index contributed by atoms with van der Waals surface area (Å²) in [5.74, 6) is 1.21. The van der Waals surface area contributed by atoms with E-state index in [9.17, 15) is 31.6 Å². The average molecular weight is 823 g/mol. The molecule has 0 amide bonds. The average Bonchev–Trinajstić information content (AvgIpc) is 3.13. The van der Waals surface area contributed by atoms with Crippen LogP contribution in [0, 0.1) is 0 Å². The van der Waals surface area contributed by atoms with Gasteiger partial charge < -0.3 is 24.2 Å². The fourth-order valence-electron chi connectivity index (χ4n) is 5.89. The van der Waals surface area contributed by atoms with Gasteiger partial charge >= 0.3 is 37.7 Å². The Morgan fingerprint density at radius 3 is 1.40 bits per heavy atom. The first-order valence-electron chi connectivity index (χ1n) is 18.9. The quantitative estimate of drug-likeness (QED) is 0.0441. The second kappa shape index (κ2) is 25.4. The topological polar surface area (TPSA) is 173 Å². The molecule has 0 aliphatic carbocycles. The Bertz CT molecular complexity index is 1770. The van der Waals surface area contributed by atoms with E-state index in [1.165, 1.54) is 119 Å². The summed E-state index contributed by atoms with van der Waals surface area (Å²) >= 11 is 0. The second-order valence-electron chi connectivity index (χ2n) is 13.3. The molecule has 0 heterocycles. The monoisotopic (exact) mass is 822 g/mol. The third-order valence-electron chi connectivity index (χ3n) is 8.91. The van der Waals surface area contributed by atoms with Crippen LogP contribution in [0.25, 0.3) is 0 Å². The predicted octanol–water partition coefficient (Wildman–Crippen LogP) is 10.1. The molecule has 0 unspecified atom stereocenters. The van der Waals surface area contributed by atoms with Crippen LogP contribution in [0.4, 0.5) is 0 Å². The van der Waals surface area contributed by atoms with E-state index in [2.05, 4.69) is 13.8 Å². The van der Waals surface area contributed by atoms with Crippen molar-refractivity contribution in [3.63, 3.8) is 0 Å². The van der Waals surface area contributed by atoms with E-state index < -0.39 is 20.2 Å². The number of benzene rings is 4. The number of hydrogen-bond acceptors (Lipinski definition) is 9. The van der Waals surface area contributed by atoms with Gasteiger partial charge in [-0.15, -0.1) is 0 Å². The minimum atomic E-state index is -4.50. The van der Waals surface area contributed by atoms with E-state index >= 15 is 0 Å². The van der Waals surface area contributed by atoms with E-state index in [4.69, 9.17) is 14.0 Å². The van der Waals surface area contributed by atoms with Gasteiger partial charge in [-0.05, 0) is 91.4 Å². The van der Waals surface area contributed by atoms with Gasteiger partial charge in [-0.25, -0.2) is 8.42 Å². The molecule has 2 N–H and O–H groups in total. The van der Waals surface area contributed by atoms with E-state index in [1.54, 1.807) is 18.2 Å². The van der Waals surface area contributed by atoms with Crippen LogP contribution < -0.4 is 14.6 Å². The molecule has 0 saturated carbocycles. The van der Waals surface area contributed by atoms with Crippen molar-refractivity contribution in [1.82, 2.24) is 0 Å². The van der Waals surface area contributed by atoms with Crippen LogP contribution in [0.15, 0.2) is 94.7 Å². The van der Waals surface area contributed by atoms with E-state index in [0.29, 0.717) is 17.2 Å². The van der Waals surface area contributed by atoms with Crippen LogP contribution in [-0.4, -0.2) is 68.8 Å². The SMILES string of the molecule is CCCCCCCCCc1cccc(O)c1Oc1ccc(S(=O)(=O)O)cc1.CCCCCCCCCc1cccc([O-])c1Oc1ccc(S(=O)(=O)[O-])cc1.[Ca+2]. The maximum atomic E-state index is 12.2. The Balaban J connectivity index is 0.000000373. The number of aryl methyl sites for hydroxylation is 2. The third kappa shape index (κ3) is 17.9. The summed E-state index contributed by atoms with van der Waals surface area (Å²) in [4.78, 5) is -0.524. The first-order valence-corrected chi connectivity index (χ1v) is 21.8. The summed E-state index contributed by atoms with van der Waals surface area (Å²) in [5, 5.41) is 22.4. The van der Waals surface area contributed by atoms with Crippen LogP contribution in [0.1, 0.15) is 115 Å². The van der Waals surface area contributed by atoms with Crippen LogP contribution in [0.2, 0.25) is 0 Å². The molecule has 0 spiro atoms. The zero-order chi connectivity index (χ0) is 39.4. The van der Waals surface area contributed by atoms with Crippen molar-refractivity contribution in [2.45, 2.75) is 126 Å². The molecule has 13 heteroatoms. The molecule has 55 heavy (non-hydrogen) atoms. The molecule has 0 radical (unpaired) electrons. The number of unbranched alkanes of at least 4 members (excludes halogenated alkanes) is 12. The van der Waals surface area contributed by atoms with Crippen molar-refractivity contribution >= 4 is 58.0 Å². The molecule has 0 aliphatic heterocycles. The molecule has 4 aromatic carbocycles. The van der Waals surface area contributed by atoms with Gasteiger partial charge in [0.25, 0.3) is 10.1 Å². The second-order valence-corrected chi connectivity index (χ2v) is 16.1. The Labute approximate surface area is 357 Å². The molecule has 0 fully saturated rings. The van der Waals surface area contributed by atoms with Gasteiger partial charge in [0.2, 0.25) is 0 Å². The van der Waals surface area contributed by atoms with Crippen molar-refractivity contribution in [2.75, 3.05) is 0 Å². The minimum Gasteiger partial charge on any atom is -0.870 e. The number of phenols is 1. The molecular weight excluding hydrogens is 769 g/mol. The standard InChI is InChI=1S/2C21H28O5S.Ca/c2*1-2-3-4-5-6-7-8-10-17-11-9-12-20(22)21(17)26-18-13-15-19(16-14-18)27(23,24)25;/h2*9,11-16,22H,2-8,10H2,1H3,(H,23,24,25);/q;;+2/p-2. The van der Waals surface area contributed by atoms with Gasteiger partial charge in [-0.3, -0.25) is 4.55 Å². The first kappa shape index (κ1) is 48.3. The number of ether oxygens (including phenoxy) is 2. The van der Waals surface area contributed by atoms with Crippen molar-refractivity contribution in [3.8, 4) is 34.5 Å². The smallest absolute Gasteiger partial charge is 0.870 e. The maximum Gasteiger partial charge on any atom is 2.00 e.